The molecule has 1 fully saturated rings. The predicted molar refractivity (Wildman–Crippen MR) is 78.5 cm³/mol. The average molecular weight is 260 g/mol. The van der Waals surface area contributed by atoms with Crippen LogP contribution in [0.5, 0.6) is 0 Å². The van der Waals surface area contributed by atoms with E-state index in [1.807, 2.05) is 0 Å². The molecule has 3 heteroatoms. The number of rotatable bonds is 4. The molecule has 0 unspecified atom stereocenters. The van der Waals surface area contributed by atoms with E-state index in [4.69, 9.17) is 18.0 Å². The number of hydrogen-bond donors (Lipinski definition) is 1. The van der Waals surface area contributed by atoms with E-state index in [9.17, 15) is 0 Å². The average Bonchev–Trinajstić information content (AvgIpc) is 3.07. The van der Waals surface area contributed by atoms with Crippen LogP contribution < -0.4 is 5.73 Å². The first-order valence-corrected chi connectivity index (χ1v) is 7.15. The maximum Gasteiger partial charge on any atom is 0.0733 e. The summed E-state index contributed by atoms with van der Waals surface area (Å²) in [6, 6.07) is 8.80. The van der Waals surface area contributed by atoms with Crippen molar-refractivity contribution in [2.75, 3.05) is 13.1 Å². The van der Waals surface area contributed by atoms with Crippen LogP contribution >= 0.6 is 12.2 Å². The normalized spacial score (nSPS) is 21.3. The summed E-state index contributed by atoms with van der Waals surface area (Å²) >= 11 is 5.07. The Balaban J connectivity index is 1.65. The minimum Gasteiger partial charge on any atom is -0.393 e. The summed E-state index contributed by atoms with van der Waals surface area (Å²) in [5.74, 6) is 0. The molecule has 2 nitrogen and oxygen atoms in total. The van der Waals surface area contributed by atoms with Crippen molar-refractivity contribution in [1.82, 2.24) is 4.90 Å². The highest BCUT2D eigenvalue weighted by molar-refractivity contribution is 7.80. The molecule has 2 N–H and O–H groups in total. The predicted octanol–water partition coefficient (Wildman–Crippen LogP) is 2.50. The van der Waals surface area contributed by atoms with Gasteiger partial charge in [-0.2, -0.15) is 0 Å². The molecular formula is C15H20N2S. The van der Waals surface area contributed by atoms with Crippen molar-refractivity contribution in [3.05, 3.63) is 35.4 Å². The Morgan fingerprint density at radius 3 is 2.67 bits per heavy atom. The fraction of sp³-hybridized carbons (Fsp3) is 0.533. The second-order valence-electron chi connectivity index (χ2n) is 5.87. The van der Waals surface area contributed by atoms with E-state index < -0.39 is 0 Å². The van der Waals surface area contributed by atoms with Crippen molar-refractivity contribution in [2.45, 2.75) is 32.2 Å². The van der Waals surface area contributed by atoms with Crippen molar-refractivity contribution >= 4 is 17.2 Å². The molecular weight excluding hydrogens is 240 g/mol. The molecule has 0 radical (unpaired) electrons. The first kappa shape index (κ1) is 12.1. The lowest BCUT2D eigenvalue weighted by molar-refractivity contribution is 0.205. The van der Waals surface area contributed by atoms with Gasteiger partial charge in [0.25, 0.3) is 0 Å². The highest BCUT2D eigenvalue weighted by Gasteiger charge is 2.44. The standard InChI is InChI=1S/C15H20N2S/c16-14(18)9-15(6-7-15)11-17-8-5-12-3-1-2-4-13(12)10-17/h1-4H,5-11H2,(H2,16,18). The molecule has 0 spiro atoms. The number of benzene rings is 1. The summed E-state index contributed by atoms with van der Waals surface area (Å²) in [7, 11) is 0. The van der Waals surface area contributed by atoms with E-state index in [-0.39, 0.29) is 0 Å². The molecule has 2 aliphatic rings. The summed E-state index contributed by atoms with van der Waals surface area (Å²) in [6.45, 7) is 3.43. The van der Waals surface area contributed by atoms with Gasteiger partial charge in [0.1, 0.15) is 0 Å². The fourth-order valence-electron chi connectivity index (χ4n) is 3.10. The van der Waals surface area contributed by atoms with E-state index in [0.717, 1.165) is 13.0 Å². The molecule has 1 saturated carbocycles. The van der Waals surface area contributed by atoms with Crippen LogP contribution in [0.2, 0.25) is 0 Å². The van der Waals surface area contributed by atoms with Gasteiger partial charge in [-0.05, 0) is 35.8 Å². The summed E-state index contributed by atoms with van der Waals surface area (Å²) < 4.78 is 0. The molecule has 1 aliphatic carbocycles. The van der Waals surface area contributed by atoms with Crippen LogP contribution in [0.3, 0.4) is 0 Å². The number of hydrogen-bond acceptors (Lipinski definition) is 2. The van der Waals surface area contributed by atoms with Crippen LogP contribution in [0.15, 0.2) is 24.3 Å². The molecule has 18 heavy (non-hydrogen) atoms. The molecule has 3 rings (SSSR count). The number of nitrogens with two attached hydrogens (primary N) is 1. The van der Waals surface area contributed by atoms with E-state index in [1.165, 1.54) is 43.5 Å². The zero-order valence-electron chi connectivity index (χ0n) is 10.7. The van der Waals surface area contributed by atoms with Crippen LogP contribution in [-0.4, -0.2) is 23.0 Å². The molecule has 0 amide bonds. The lowest BCUT2D eigenvalue weighted by atomic mass is 9.96. The minimum absolute atomic E-state index is 0.415. The van der Waals surface area contributed by atoms with Crippen LogP contribution in [0.25, 0.3) is 0 Å². The van der Waals surface area contributed by atoms with E-state index >= 15 is 0 Å². The van der Waals surface area contributed by atoms with Crippen LogP contribution in [0, 0.1) is 5.41 Å². The van der Waals surface area contributed by atoms with Gasteiger partial charge < -0.3 is 5.73 Å². The first-order chi connectivity index (χ1) is 8.67. The minimum atomic E-state index is 0.415. The Kier molecular flexibility index (Phi) is 3.12. The Bertz CT molecular complexity index is 465. The monoisotopic (exact) mass is 260 g/mol. The molecule has 1 aromatic carbocycles. The Morgan fingerprint density at radius 1 is 1.28 bits per heavy atom. The van der Waals surface area contributed by atoms with Crippen LogP contribution in [-0.2, 0) is 13.0 Å². The zero-order chi connectivity index (χ0) is 12.6. The third-order valence-corrected chi connectivity index (χ3v) is 4.42. The Labute approximate surface area is 114 Å². The van der Waals surface area contributed by atoms with Crippen molar-refractivity contribution in [2.24, 2.45) is 11.1 Å². The number of fused-ring (bicyclic) bond motifs is 1. The van der Waals surface area contributed by atoms with Crippen molar-refractivity contribution in [3.8, 4) is 0 Å². The Hall–Kier alpha value is -0.930. The van der Waals surface area contributed by atoms with Gasteiger partial charge in [-0.3, -0.25) is 4.90 Å². The lowest BCUT2D eigenvalue weighted by Crippen LogP contribution is -2.36. The third-order valence-electron chi connectivity index (χ3n) is 4.28. The first-order valence-electron chi connectivity index (χ1n) is 6.74. The van der Waals surface area contributed by atoms with E-state index in [2.05, 4.69) is 29.2 Å². The quantitative estimate of drug-likeness (QED) is 0.843. The number of thiocarbonyl (C=S) groups is 1. The number of nitrogens with zero attached hydrogens (tertiary/aromatic N) is 1. The van der Waals surface area contributed by atoms with Gasteiger partial charge in [-0.1, -0.05) is 36.5 Å². The molecule has 0 saturated heterocycles. The molecule has 0 aromatic heterocycles. The smallest absolute Gasteiger partial charge is 0.0733 e. The summed E-state index contributed by atoms with van der Waals surface area (Å²) in [5, 5.41) is 0. The van der Waals surface area contributed by atoms with Gasteiger partial charge in [0.05, 0.1) is 4.99 Å². The highest BCUT2D eigenvalue weighted by atomic mass is 32.1. The maximum atomic E-state index is 5.71. The summed E-state index contributed by atoms with van der Waals surface area (Å²) in [6.07, 6.45) is 4.70. The second-order valence-corrected chi connectivity index (χ2v) is 6.40. The summed E-state index contributed by atoms with van der Waals surface area (Å²) in [4.78, 5) is 3.26. The zero-order valence-corrected chi connectivity index (χ0v) is 11.5. The van der Waals surface area contributed by atoms with Crippen molar-refractivity contribution < 1.29 is 0 Å². The van der Waals surface area contributed by atoms with Crippen LogP contribution in [0.4, 0.5) is 0 Å². The lowest BCUT2D eigenvalue weighted by Gasteiger charge is -2.32. The fourth-order valence-corrected chi connectivity index (χ4v) is 3.41. The molecule has 96 valence electrons. The van der Waals surface area contributed by atoms with Crippen molar-refractivity contribution in [3.63, 3.8) is 0 Å². The third kappa shape index (κ3) is 2.57. The van der Waals surface area contributed by atoms with E-state index in [1.54, 1.807) is 0 Å². The summed E-state index contributed by atoms with van der Waals surface area (Å²) in [5.41, 5.74) is 9.14. The topological polar surface area (TPSA) is 29.3 Å². The van der Waals surface area contributed by atoms with Gasteiger partial charge in [-0.15, -0.1) is 0 Å². The second kappa shape index (κ2) is 4.63. The molecule has 1 aliphatic heterocycles. The van der Waals surface area contributed by atoms with Crippen molar-refractivity contribution in [1.29, 1.82) is 0 Å². The van der Waals surface area contributed by atoms with Gasteiger partial charge in [0, 0.05) is 26.1 Å². The van der Waals surface area contributed by atoms with Gasteiger partial charge in [0.2, 0.25) is 0 Å². The van der Waals surface area contributed by atoms with Gasteiger partial charge in [-0.25, -0.2) is 0 Å². The maximum absolute atomic E-state index is 5.71. The molecule has 0 bridgehead atoms. The SMILES string of the molecule is NC(=S)CC1(CN2CCc3ccccc3C2)CC1. The highest BCUT2D eigenvalue weighted by Crippen LogP contribution is 2.49. The molecule has 1 aromatic rings. The van der Waals surface area contributed by atoms with Crippen LogP contribution in [0.1, 0.15) is 30.4 Å². The molecule has 1 heterocycles. The van der Waals surface area contributed by atoms with Gasteiger partial charge >= 0.3 is 0 Å². The van der Waals surface area contributed by atoms with Gasteiger partial charge in [0.15, 0.2) is 0 Å². The largest absolute Gasteiger partial charge is 0.393 e. The van der Waals surface area contributed by atoms with E-state index in [0.29, 0.717) is 10.4 Å². The Morgan fingerprint density at radius 2 is 2.00 bits per heavy atom. The molecule has 0 atom stereocenters.